The SMILES string of the molecule is COc1ccc(S(=O)(=O)Nc2ccc3c(c2)C(=O)N(C)CCO3)cc1F. The summed E-state index contributed by atoms with van der Waals surface area (Å²) in [4.78, 5) is 13.6. The number of rotatable bonds is 4. The van der Waals surface area contributed by atoms with Crippen LogP contribution in [0.3, 0.4) is 0 Å². The Bertz CT molecular complexity index is 962. The minimum atomic E-state index is -4.04. The summed E-state index contributed by atoms with van der Waals surface area (Å²) in [5.74, 6) is -0.728. The largest absolute Gasteiger partial charge is 0.494 e. The van der Waals surface area contributed by atoms with Crippen LogP contribution in [0.15, 0.2) is 41.3 Å². The van der Waals surface area contributed by atoms with E-state index in [9.17, 15) is 17.6 Å². The van der Waals surface area contributed by atoms with Crippen molar-refractivity contribution in [1.82, 2.24) is 4.90 Å². The second kappa shape index (κ2) is 6.83. The van der Waals surface area contributed by atoms with Gasteiger partial charge < -0.3 is 14.4 Å². The van der Waals surface area contributed by atoms with Gasteiger partial charge in [-0.15, -0.1) is 0 Å². The minimum absolute atomic E-state index is 0.0558. The van der Waals surface area contributed by atoms with Crippen molar-refractivity contribution < 1.29 is 27.1 Å². The minimum Gasteiger partial charge on any atom is -0.494 e. The third kappa shape index (κ3) is 3.43. The van der Waals surface area contributed by atoms with E-state index in [1.54, 1.807) is 7.05 Å². The second-order valence-electron chi connectivity index (χ2n) is 5.69. The van der Waals surface area contributed by atoms with Gasteiger partial charge in [0.1, 0.15) is 12.4 Å². The molecule has 7 nitrogen and oxygen atoms in total. The molecule has 0 aromatic heterocycles. The quantitative estimate of drug-likeness (QED) is 0.878. The molecule has 2 aromatic rings. The molecule has 1 aliphatic heterocycles. The molecule has 9 heteroatoms. The van der Waals surface area contributed by atoms with Crippen molar-refractivity contribution in [2.45, 2.75) is 4.90 Å². The number of carbonyl (C=O) groups excluding carboxylic acids is 1. The molecule has 1 N–H and O–H groups in total. The molecule has 0 radical (unpaired) electrons. The van der Waals surface area contributed by atoms with Crippen LogP contribution in [0.2, 0.25) is 0 Å². The van der Waals surface area contributed by atoms with Gasteiger partial charge in [-0.2, -0.15) is 0 Å². The Morgan fingerprint density at radius 1 is 1.23 bits per heavy atom. The lowest BCUT2D eigenvalue weighted by molar-refractivity contribution is 0.0796. The predicted molar refractivity (Wildman–Crippen MR) is 92.7 cm³/mol. The fourth-order valence-corrected chi connectivity index (χ4v) is 3.58. The molecule has 0 saturated heterocycles. The zero-order chi connectivity index (χ0) is 18.9. The van der Waals surface area contributed by atoms with Gasteiger partial charge in [-0.1, -0.05) is 0 Å². The van der Waals surface area contributed by atoms with Gasteiger partial charge in [0.25, 0.3) is 15.9 Å². The summed E-state index contributed by atoms with van der Waals surface area (Å²) < 4.78 is 51.4. The summed E-state index contributed by atoms with van der Waals surface area (Å²) >= 11 is 0. The van der Waals surface area contributed by atoms with Crippen LogP contribution in [0, 0.1) is 5.82 Å². The maximum atomic E-state index is 13.8. The van der Waals surface area contributed by atoms with E-state index in [2.05, 4.69) is 4.72 Å². The van der Waals surface area contributed by atoms with Gasteiger partial charge in [-0.3, -0.25) is 9.52 Å². The Morgan fingerprint density at radius 3 is 2.69 bits per heavy atom. The molecule has 1 amide bonds. The normalized spacial score (nSPS) is 14.3. The number of anilines is 1. The van der Waals surface area contributed by atoms with Crippen molar-refractivity contribution in [1.29, 1.82) is 0 Å². The number of hydrogen-bond donors (Lipinski definition) is 1. The number of nitrogens with zero attached hydrogens (tertiary/aromatic N) is 1. The average Bonchev–Trinajstić information content (AvgIpc) is 2.74. The zero-order valence-electron chi connectivity index (χ0n) is 14.2. The van der Waals surface area contributed by atoms with E-state index >= 15 is 0 Å². The first kappa shape index (κ1) is 18.0. The number of nitrogens with one attached hydrogen (secondary N) is 1. The fourth-order valence-electron chi connectivity index (χ4n) is 2.51. The van der Waals surface area contributed by atoms with Gasteiger partial charge in [0, 0.05) is 12.7 Å². The maximum absolute atomic E-state index is 13.8. The zero-order valence-corrected chi connectivity index (χ0v) is 15.0. The summed E-state index contributed by atoms with van der Waals surface area (Å²) in [6, 6.07) is 7.74. The van der Waals surface area contributed by atoms with Gasteiger partial charge in [0.2, 0.25) is 0 Å². The molecule has 1 aliphatic rings. The monoisotopic (exact) mass is 380 g/mol. The van der Waals surface area contributed by atoms with Crippen LogP contribution < -0.4 is 14.2 Å². The van der Waals surface area contributed by atoms with Crippen molar-refractivity contribution in [3.63, 3.8) is 0 Å². The molecular formula is C17H17FN2O5S. The highest BCUT2D eigenvalue weighted by Gasteiger charge is 2.23. The lowest BCUT2D eigenvalue weighted by Gasteiger charge is -2.14. The topological polar surface area (TPSA) is 84.9 Å². The van der Waals surface area contributed by atoms with Gasteiger partial charge in [0.15, 0.2) is 11.6 Å². The van der Waals surface area contributed by atoms with Crippen molar-refractivity contribution in [2.75, 3.05) is 32.0 Å². The third-order valence-corrected chi connectivity index (χ3v) is 5.31. The number of methoxy groups -OCH3 is 1. The van der Waals surface area contributed by atoms with Gasteiger partial charge in [-0.05, 0) is 36.4 Å². The number of amides is 1. The summed E-state index contributed by atoms with van der Waals surface area (Å²) in [6.07, 6.45) is 0. The maximum Gasteiger partial charge on any atom is 0.262 e. The highest BCUT2D eigenvalue weighted by Crippen LogP contribution is 2.28. The van der Waals surface area contributed by atoms with Crippen molar-refractivity contribution in [3.05, 3.63) is 47.8 Å². The lowest BCUT2D eigenvalue weighted by Crippen LogP contribution is -2.27. The number of ether oxygens (including phenoxy) is 2. The highest BCUT2D eigenvalue weighted by molar-refractivity contribution is 7.92. The number of halogens is 1. The van der Waals surface area contributed by atoms with E-state index in [0.29, 0.717) is 18.9 Å². The highest BCUT2D eigenvalue weighted by atomic mass is 32.2. The molecule has 0 bridgehead atoms. The smallest absolute Gasteiger partial charge is 0.262 e. The van der Waals surface area contributed by atoms with Crippen molar-refractivity contribution >= 4 is 21.6 Å². The van der Waals surface area contributed by atoms with E-state index < -0.39 is 15.8 Å². The fraction of sp³-hybridized carbons (Fsp3) is 0.235. The molecule has 0 fully saturated rings. The van der Waals surface area contributed by atoms with Crippen LogP contribution in [0.1, 0.15) is 10.4 Å². The van der Waals surface area contributed by atoms with Crippen LogP contribution in [0.25, 0.3) is 0 Å². The van der Waals surface area contributed by atoms with Crippen LogP contribution >= 0.6 is 0 Å². The molecule has 0 aliphatic carbocycles. The van der Waals surface area contributed by atoms with Gasteiger partial charge in [0.05, 0.1) is 24.1 Å². The summed E-state index contributed by atoms with van der Waals surface area (Å²) in [6.45, 7) is 0.783. The first-order chi connectivity index (χ1) is 12.3. The summed E-state index contributed by atoms with van der Waals surface area (Å²) in [7, 11) is -1.11. The number of sulfonamides is 1. The second-order valence-corrected chi connectivity index (χ2v) is 7.37. The van der Waals surface area contributed by atoms with E-state index in [1.165, 1.54) is 42.3 Å². The summed E-state index contributed by atoms with van der Waals surface area (Å²) in [5.41, 5.74) is 0.429. The molecule has 26 heavy (non-hydrogen) atoms. The van der Waals surface area contributed by atoms with Crippen molar-refractivity contribution in [3.8, 4) is 11.5 Å². The van der Waals surface area contributed by atoms with E-state index in [1.807, 2.05) is 0 Å². The molecule has 0 unspecified atom stereocenters. The van der Waals surface area contributed by atoms with E-state index in [0.717, 1.165) is 6.07 Å². The Kier molecular flexibility index (Phi) is 4.73. The van der Waals surface area contributed by atoms with Crippen molar-refractivity contribution in [2.24, 2.45) is 0 Å². The van der Waals surface area contributed by atoms with Gasteiger partial charge in [-0.25, -0.2) is 12.8 Å². The third-order valence-electron chi connectivity index (χ3n) is 3.93. The lowest BCUT2D eigenvalue weighted by atomic mass is 10.1. The molecule has 3 rings (SSSR count). The molecule has 0 spiro atoms. The number of benzene rings is 2. The molecule has 2 aromatic carbocycles. The first-order valence-corrected chi connectivity index (χ1v) is 9.19. The first-order valence-electron chi connectivity index (χ1n) is 7.70. The molecule has 138 valence electrons. The Balaban J connectivity index is 1.92. The predicted octanol–water partition coefficient (Wildman–Crippen LogP) is 2.10. The van der Waals surface area contributed by atoms with E-state index in [-0.39, 0.29) is 27.8 Å². The van der Waals surface area contributed by atoms with Crippen LogP contribution in [0.4, 0.5) is 10.1 Å². The van der Waals surface area contributed by atoms with E-state index in [4.69, 9.17) is 9.47 Å². The number of fused-ring (bicyclic) bond motifs is 1. The average molecular weight is 380 g/mol. The molecule has 1 heterocycles. The number of likely N-dealkylation sites (N-methyl/N-ethyl adjacent to an activating group) is 1. The Hall–Kier alpha value is -2.81. The molecule has 0 atom stereocenters. The van der Waals surface area contributed by atoms with Crippen LogP contribution in [0.5, 0.6) is 11.5 Å². The standard InChI is InChI=1S/C17H17FN2O5S/c1-20-7-8-25-15-5-3-11(9-13(15)17(20)21)19-26(22,23)12-4-6-16(24-2)14(18)10-12/h3-6,9-10,19H,7-8H2,1-2H3. The van der Waals surface area contributed by atoms with Crippen LogP contribution in [-0.2, 0) is 10.0 Å². The number of hydrogen-bond acceptors (Lipinski definition) is 5. The van der Waals surface area contributed by atoms with Crippen LogP contribution in [-0.4, -0.2) is 46.5 Å². The summed E-state index contributed by atoms with van der Waals surface area (Å²) in [5, 5.41) is 0. The Morgan fingerprint density at radius 2 is 2.00 bits per heavy atom. The molecular weight excluding hydrogens is 363 g/mol. The van der Waals surface area contributed by atoms with Gasteiger partial charge >= 0.3 is 0 Å². The Labute approximate surface area is 150 Å². The molecule has 0 saturated carbocycles. The number of carbonyl (C=O) groups is 1.